The van der Waals surface area contributed by atoms with Gasteiger partial charge in [-0.25, -0.2) is 23.1 Å². The zero-order valence-electron chi connectivity index (χ0n) is 21.2. The lowest BCUT2D eigenvalue weighted by Crippen LogP contribution is -2.48. The Morgan fingerprint density at radius 2 is 1.77 bits per heavy atom. The highest BCUT2D eigenvalue weighted by Gasteiger charge is 2.27. The quantitative estimate of drug-likeness (QED) is 0.328. The number of carbonyl (C=O) groups is 1. The van der Waals surface area contributed by atoms with Gasteiger partial charge in [-0.15, -0.1) is 0 Å². The second kappa shape index (κ2) is 10.5. The van der Waals surface area contributed by atoms with E-state index in [2.05, 4.69) is 10.1 Å². The molecule has 1 N–H and O–H groups in total. The Labute approximate surface area is 226 Å². The van der Waals surface area contributed by atoms with E-state index in [1.807, 2.05) is 35.2 Å². The molecule has 2 aromatic carbocycles. The molecule has 1 amide bonds. The molecule has 0 unspecified atom stereocenters. The fourth-order valence-electron chi connectivity index (χ4n) is 4.85. The average Bonchev–Trinajstić information content (AvgIpc) is 3.66. The summed E-state index contributed by atoms with van der Waals surface area (Å²) in [6, 6.07) is 10.7. The molecular weight excluding hydrogens is 523 g/mol. The van der Waals surface area contributed by atoms with Crippen molar-refractivity contribution in [2.45, 2.75) is 13.2 Å². The fourth-order valence-corrected chi connectivity index (χ4v) is 4.85. The van der Waals surface area contributed by atoms with Crippen LogP contribution in [0.25, 0.3) is 22.7 Å². The summed E-state index contributed by atoms with van der Waals surface area (Å²) in [7, 11) is 0. The van der Waals surface area contributed by atoms with E-state index in [0.29, 0.717) is 55.0 Å². The normalized spacial score (nSPS) is 14.2. The SMILES string of the molecule is O=C(c1cnn2c(-n3ccnc3)cc(-c3ccc(CO)cc3)nc12)N1CCN(Cc2cc(F)cc(F)c2F)CC1. The van der Waals surface area contributed by atoms with Crippen LogP contribution in [0.15, 0.2) is 67.4 Å². The highest BCUT2D eigenvalue weighted by molar-refractivity contribution is 6.00. The first-order valence-corrected chi connectivity index (χ1v) is 12.6. The number of hydrogen-bond acceptors (Lipinski definition) is 6. The highest BCUT2D eigenvalue weighted by Crippen LogP contribution is 2.25. The van der Waals surface area contributed by atoms with Gasteiger partial charge in [-0.2, -0.15) is 9.61 Å². The van der Waals surface area contributed by atoms with Crippen LogP contribution in [0.4, 0.5) is 13.2 Å². The first kappa shape index (κ1) is 25.7. The number of aromatic nitrogens is 5. The van der Waals surface area contributed by atoms with Crippen LogP contribution in [0.3, 0.4) is 0 Å². The Kier molecular flexibility index (Phi) is 6.78. The smallest absolute Gasteiger partial charge is 0.259 e. The molecule has 1 saturated heterocycles. The number of piperazine rings is 1. The highest BCUT2D eigenvalue weighted by atomic mass is 19.2. The van der Waals surface area contributed by atoms with Crippen LogP contribution >= 0.6 is 0 Å². The van der Waals surface area contributed by atoms with Gasteiger partial charge in [-0.3, -0.25) is 14.3 Å². The van der Waals surface area contributed by atoms with E-state index in [9.17, 15) is 23.1 Å². The van der Waals surface area contributed by atoms with E-state index in [1.165, 1.54) is 6.20 Å². The predicted molar refractivity (Wildman–Crippen MR) is 139 cm³/mol. The van der Waals surface area contributed by atoms with E-state index >= 15 is 0 Å². The van der Waals surface area contributed by atoms with Crippen LogP contribution in [0.1, 0.15) is 21.5 Å². The van der Waals surface area contributed by atoms with Gasteiger partial charge in [-0.1, -0.05) is 24.3 Å². The monoisotopic (exact) mass is 547 g/mol. The first-order valence-electron chi connectivity index (χ1n) is 12.6. The second-order valence-electron chi connectivity index (χ2n) is 9.55. The number of nitrogens with zero attached hydrogens (tertiary/aromatic N) is 7. The van der Waals surface area contributed by atoms with E-state index in [-0.39, 0.29) is 24.6 Å². The molecular formula is C28H24F3N7O2. The summed E-state index contributed by atoms with van der Waals surface area (Å²) >= 11 is 0. The third kappa shape index (κ3) is 4.82. The van der Waals surface area contributed by atoms with Gasteiger partial charge in [0.15, 0.2) is 17.3 Å². The summed E-state index contributed by atoms with van der Waals surface area (Å²) in [6.45, 7) is 1.44. The summed E-state index contributed by atoms with van der Waals surface area (Å²) in [5, 5.41) is 13.8. The Balaban J connectivity index is 1.27. The van der Waals surface area contributed by atoms with Crippen molar-refractivity contribution in [1.29, 1.82) is 0 Å². The van der Waals surface area contributed by atoms with Gasteiger partial charge in [0.1, 0.15) is 23.5 Å². The number of carbonyl (C=O) groups excluding carboxylic acids is 1. The predicted octanol–water partition coefficient (Wildman–Crippen LogP) is 3.45. The minimum absolute atomic E-state index is 0.0352. The molecule has 0 spiro atoms. The molecule has 0 aliphatic carbocycles. The van der Waals surface area contributed by atoms with Gasteiger partial charge >= 0.3 is 0 Å². The van der Waals surface area contributed by atoms with Crippen molar-refractivity contribution in [2.24, 2.45) is 0 Å². The molecule has 9 nitrogen and oxygen atoms in total. The number of halogens is 3. The Morgan fingerprint density at radius 1 is 1.00 bits per heavy atom. The molecule has 204 valence electrons. The average molecular weight is 548 g/mol. The number of hydrogen-bond donors (Lipinski definition) is 1. The number of aliphatic hydroxyl groups excluding tert-OH is 1. The molecule has 4 heterocycles. The molecule has 0 bridgehead atoms. The van der Waals surface area contributed by atoms with Crippen LogP contribution in [0.2, 0.25) is 0 Å². The van der Waals surface area contributed by atoms with Crippen LogP contribution in [-0.4, -0.2) is 71.1 Å². The van der Waals surface area contributed by atoms with Crippen molar-refractivity contribution in [3.05, 3.63) is 102 Å². The van der Waals surface area contributed by atoms with Crippen LogP contribution in [0.5, 0.6) is 0 Å². The molecule has 3 aromatic heterocycles. The Morgan fingerprint density at radius 3 is 2.48 bits per heavy atom. The van der Waals surface area contributed by atoms with Crippen molar-refractivity contribution >= 4 is 11.6 Å². The molecule has 12 heteroatoms. The van der Waals surface area contributed by atoms with Crippen molar-refractivity contribution in [1.82, 2.24) is 33.9 Å². The van der Waals surface area contributed by atoms with Gasteiger partial charge in [-0.05, 0) is 11.6 Å². The van der Waals surface area contributed by atoms with Gasteiger partial charge in [0.2, 0.25) is 0 Å². The third-order valence-corrected chi connectivity index (χ3v) is 7.01. The fraction of sp³-hybridized carbons (Fsp3) is 0.214. The molecule has 0 atom stereocenters. The largest absolute Gasteiger partial charge is 0.392 e. The molecule has 1 aliphatic rings. The molecule has 0 saturated carbocycles. The molecule has 0 radical (unpaired) electrons. The van der Waals surface area contributed by atoms with E-state index in [1.54, 1.807) is 32.7 Å². The first-order chi connectivity index (χ1) is 19.4. The second-order valence-corrected chi connectivity index (χ2v) is 9.55. The maximum Gasteiger partial charge on any atom is 0.259 e. The van der Waals surface area contributed by atoms with Crippen LogP contribution < -0.4 is 0 Å². The summed E-state index contributed by atoms with van der Waals surface area (Å²) in [5.41, 5.74) is 2.82. The molecule has 1 aliphatic heterocycles. The Bertz CT molecular complexity index is 1680. The zero-order valence-corrected chi connectivity index (χ0v) is 21.2. The third-order valence-electron chi connectivity index (χ3n) is 7.01. The van der Waals surface area contributed by atoms with Crippen molar-refractivity contribution < 1.29 is 23.1 Å². The molecule has 1 fully saturated rings. The lowest BCUT2D eigenvalue weighted by Gasteiger charge is -2.34. The molecule has 40 heavy (non-hydrogen) atoms. The summed E-state index contributed by atoms with van der Waals surface area (Å²) in [6.07, 6.45) is 6.52. The standard InChI is InChI=1S/C28H24F3N7O2/c29-21-11-20(26(31)23(30)12-21)15-35-7-9-36(10-8-35)28(40)22-14-33-38-25(37-6-5-32-17-37)13-24(34-27(22)38)19-3-1-18(16-39)2-4-19/h1-6,11-14,17,39H,7-10,15-16H2. The summed E-state index contributed by atoms with van der Waals surface area (Å²) in [4.78, 5) is 26.0. The maximum atomic E-state index is 14.1. The van der Waals surface area contributed by atoms with Crippen molar-refractivity contribution in [3.8, 4) is 17.1 Å². The summed E-state index contributed by atoms with van der Waals surface area (Å²) in [5.74, 6) is -2.73. The van der Waals surface area contributed by atoms with Gasteiger partial charge in [0.05, 0.1) is 18.5 Å². The van der Waals surface area contributed by atoms with E-state index in [4.69, 9.17) is 4.98 Å². The number of amides is 1. The number of benzene rings is 2. The lowest BCUT2D eigenvalue weighted by atomic mass is 10.1. The van der Waals surface area contributed by atoms with Crippen LogP contribution in [-0.2, 0) is 13.2 Å². The minimum Gasteiger partial charge on any atom is -0.392 e. The van der Waals surface area contributed by atoms with Crippen molar-refractivity contribution in [2.75, 3.05) is 26.2 Å². The molecule has 6 rings (SSSR count). The Hall–Kier alpha value is -4.55. The van der Waals surface area contributed by atoms with Gasteiger partial charge < -0.3 is 10.0 Å². The number of aliphatic hydroxyl groups is 1. The maximum absolute atomic E-state index is 14.1. The number of fused-ring (bicyclic) bond motifs is 1. The van der Waals surface area contributed by atoms with E-state index in [0.717, 1.165) is 17.2 Å². The summed E-state index contributed by atoms with van der Waals surface area (Å²) < 4.78 is 44.7. The minimum atomic E-state index is -1.22. The van der Waals surface area contributed by atoms with Crippen LogP contribution in [0, 0.1) is 17.5 Å². The van der Waals surface area contributed by atoms with Gasteiger partial charge in [0, 0.05) is 68.4 Å². The number of imidazole rings is 1. The lowest BCUT2D eigenvalue weighted by molar-refractivity contribution is 0.0628. The topological polar surface area (TPSA) is 91.8 Å². The molecule has 5 aromatic rings. The van der Waals surface area contributed by atoms with Gasteiger partial charge in [0.25, 0.3) is 5.91 Å². The van der Waals surface area contributed by atoms with Crippen molar-refractivity contribution in [3.63, 3.8) is 0 Å². The number of rotatable bonds is 6. The zero-order chi connectivity index (χ0) is 27.8. The van der Waals surface area contributed by atoms with E-state index < -0.39 is 17.5 Å².